The molecule has 0 aromatic heterocycles. The second-order valence-electron chi connectivity index (χ2n) is 4.26. The van der Waals surface area contributed by atoms with E-state index in [2.05, 4.69) is 25.7 Å². The number of hydrogen-bond acceptors (Lipinski definition) is 1. The Balaban J connectivity index is 2.29. The molecule has 1 fully saturated rings. The Hall–Kier alpha value is -0.300. The van der Waals surface area contributed by atoms with E-state index in [1.807, 2.05) is 0 Å². The highest BCUT2D eigenvalue weighted by Crippen LogP contribution is 2.23. The van der Waals surface area contributed by atoms with E-state index >= 15 is 0 Å². The molecule has 0 aromatic carbocycles. The molecule has 76 valence electrons. The summed E-state index contributed by atoms with van der Waals surface area (Å²) >= 11 is 0. The molecule has 0 aromatic rings. The van der Waals surface area contributed by atoms with Crippen molar-refractivity contribution >= 4 is 0 Å². The lowest BCUT2D eigenvalue weighted by molar-refractivity contribution is 0.293. The first-order chi connectivity index (χ1) is 6.26. The average Bonchev–Trinajstić information content (AvgIpc) is 2.18. The van der Waals surface area contributed by atoms with Gasteiger partial charge in [0.25, 0.3) is 0 Å². The molecule has 0 saturated carbocycles. The van der Waals surface area contributed by atoms with Crippen molar-refractivity contribution < 1.29 is 0 Å². The molecular formula is C12H23N. The van der Waals surface area contributed by atoms with Gasteiger partial charge >= 0.3 is 0 Å². The Morgan fingerprint density at radius 1 is 1.46 bits per heavy atom. The number of rotatable bonds is 4. The van der Waals surface area contributed by atoms with E-state index in [-0.39, 0.29) is 0 Å². The third kappa shape index (κ3) is 3.51. The van der Waals surface area contributed by atoms with Crippen molar-refractivity contribution in [3.8, 4) is 0 Å². The average molecular weight is 181 g/mol. The molecule has 0 spiro atoms. The quantitative estimate of drug-likeness (QED) is 0.657. The highest BCUT2D eigenvalue weighted by atomic mass is 14.9. The van der Waals surface area contributed by atoms with Gasteiger partial charge in [-0.1, -0.05) is 32.4 Å². The lowest BCUT2D eigenvalue weighted by atomic mass is 9.87. The van der Waals surface area contributed by atoms with Gasteiger partial charge in [0.15, 0.2) is 0 Å². The van der Waals surface area contributed by atoms with Gasteiger partial charge < -0.3 is 5.32 Å². The molecule has 1 rings (SSSR count). The summed E-state index contributed by atoms with van der Waals surface area (Å²) in [4.78, 5) is 0. The van der Waals surface area contributed by atoms with Crippen molar-refractivity contribution in [2.24, 2.45) is 5.92 Å². The van der Waals surface area contributed by atoms with Crippen LogP contribution in [0.2, 0.25) is 0 Å². The fourth-order valence-electron chi connectivity index (χ4n) is 2.11. The SMILES string of the molecule is C=C(CC)CC1CC(CC)CCN1. The summed E-state index contributed by atoms with van der Waals surface area (Å²) in [5.41, 5.74) is 1.40. The molecular weight excluding hydrogens is 158 g/mol. The van der Waals surface area contributed by atoms with E-state index in [4.69, 9.17) is 0 Å². The van der Waals surface area contributed by atoms with Crippen molar-refractivity contribution in [2.45, 2.75) is 52.0 Å². The normalized spacial score (nSPS) is 28.8. The zero-order valence-corrected chi connectivity index (χ0v) is 9.10. The number of piperidine rings is 1. The van der Waals surface area contributed by atoms with Crippen molar-refractivity contribution in [2.75, 3.05) is 6.54 Å². The maximum absolute atomic E-state index is 4.08. The molecule has 0 radical (unpaired) electrons. The fourth-order valence-corrected chi connectivity index (χ4v) is 2.11. The van der Waals surface area contributed by atoms with Crippen LogP contribution < -0.4 is 5.32 Å². The molecule has 1 nitrogen and oxygen atoms in total. The number of hydrogen-bond donors (Lipinski definition) is 1. The smallest absolute Gasteiger partial charge is 0.0107 e. The van der Waals surface area contributed by atoms with Crippen LogP contribution in [0.1, 0.15) is 46.0 Å². The van der Waals surface area contributed by atoms with Gasteiger partial charge in [-0.3, -0.25) is 0 Å². The van der Waals surface area contributed by atoms with Crippen LogP contribution >= 0.6 is 0 Å². The summed E-state index contributed by atoms with van der Waals surface area (Å²) in [6.07, 6.45) is 6.39. The van der Waals surface area contributed by atoms with Crippen LogP contribution in [0, 0.1) is 5.92 Å². The van der Waals surface area contributed by atoms with Crippen LogP contribution in [0.4, 0.5) is 0 Å². The first kappa shape index (κ1) is 10.8. The summed E-state index contributed by atoms with van der Waals surface area (Å²) in [5.74, 6) is 0.955. The Labute approximate surface area is 82.6 Å². The second-order valence-corrected chi connectivity index (χ2v) is 4.26. The minimum Gasteiger partial charge on any atom is -0.314 e. The highest BCUT2D eigenvalue weighted by molar-refractivity contribution is 4.97. The molecule has 2 unspecified atom stereocenters. The van der Waals surface area contributed by atoms with Crippen molar-refractivity contribution in [3.05, 3.63) is 12.2 Å². The molecule has 13 heavy (non-hydrogen) atoms. The second kappa shape index (κ2) is 5.43. The van der Waals surface area contributed by atoms with Gasteiger partial charge in [0.05, 0.1) is 0 Å². The van der Waals surface area contributed by atoms with Crippen LogP contribution in [-0.4, -0.2) is 12.6 Å². The van der Waals surface area contributed by atoms with Crippen molar-refractivity contribution in [3.63, 3.8) is 0 Å². The predicted octanol–water partition coefficient (Wildman–Crippen LogP) is 3.12. The summed E-state index contributed by atoms with van der Waals surface area (Å²) in [6, 6.07) is 0.714. The zero-order chi connectivity index (χ0) is 9.68. The van der Waals surface area contributed by atoms with E-state index in [9.17, 15) is 0 Å². The molecule has 1 N–H and O–H groups in total. The zero-order valence-electron chi connectivity index (χ0n) is 9.10. The fraction of sp³-hybridized carbons (Fsp3) is 0.833. The lowest BCUT2D eigenvalue weighted by Gasteiger charge is -2.30. The van der Waals surface area contributed by atoms with Crippen LogP contribution in [0.25, 0.3) is 0 Å². The summed E-state index contributed by atoms with van der Waals surface area (Å²) < 4.78 is 0. The Morgan fingerprint density at radius 3 is 2.85 bits per heavy atom. The summed E-state index contributed by atoms with van der Waals surface area (Å²) in [6.45, 7) is 9.79. The van der Waals surface area contributed by atoms with Crippen LogP contribution in [-0.2, 0) is 0 Å². The van der Waals surface area contributed by atoms with Crippen molar-refractivity contribution in [1.82, 2.24) is 5.32 Å². The van der Waals surface area contributed by atoms with E-state index in [0.717, 1.165) is 12.3 Å². The van der Waals surface area contributed by atoms with E-state index in [1.54, 1.807) is 0 Å². The van der Waals surface area contributed by atoms with Gasteiger partial charge in [-0.2, -0.15) is 0 Å². The van der Waals surface area contributed by atoms with E-state index in [0.29, 0.717) is 6.04 Å². The summed E-state index contributed by atoms with van der Waals surface area (Å²) in [5, 5.41) is 3.59. The maximum atomic E-state index is 4.08. The van der Waals surface area contributed by atoms with Crippen LogP contribution in [0.5, 0.6) is 0 Å². The van der Waals surface area contributed by atoms with E-state index < -0.39 is 0 Å². The maximum Gasteiger partial charge on any atom is 0.0107 e. The molecule has 1 aliphatic heterocycles. The Bertz CT molecular complexity index is 163. The monoisotopic (exact) mass is 181 g/mol. The van der Waals surface area contributed by atoms with E-state index in [1.165, 1.54) is 37.8 Å². The third-order valence-corrected chi connectivity index (χ3v) is 3.22. The molecule has 2 atom stereocenters. The predicted molar refractivity (Wildman–Crippen MR) is 58.9 cm³/mol. The lowest BCUT2D eigenvalue weighted by Crippen LogP contribution is -2.38. The third-order valence-electron chi connectivity index (χ3n) is 3.22. The largest absolute Gasteiger partial charge is 0.314 e. The first-order valence-corrected chi connectivity index (χ1v) is 5.66. The molecule has 0 aliphatic carbocycles. The van der Waals surface area contributed by atoms with Crippen molar-refractivity contribution in [1.29, 1.82) is 0 Å². The highest BCUT2D eigenvalue weighted by Gasteiger charge is 2.19. The molecule has 1 aliphatic rings. The summed E-state index contributed by atoms with van der Waals surface area (Å²) in [7, 11) is 0. The number of nitrogens with one attached hydrogen (secondary N) is 1. The standard InChI is InChI=1S/C12H23N/c1-4-10(3)8-12-9-11(5-2)6-7-13-12/h11-13H,3-9H2,1-2H3. The topological polar surface area (TPSA) is 12.0 Å². The molecule has 1 heterocycles. The molecule has 0 amide bonds. The van der Waals surface area contributed by atoms with Crippen LogP contribution in [0.3, 0.4) is 0 Å². The van der Waals surface area contributed by atoms with Gasteiger partial charge in [0, 0.05) is 6.04 Å². The van der Waals surface area contributed by atoms with Gasteiger partial charge in [-0.05, 0) is 38.1 Å². The van der Waals surface area contributed by atoms with Crippen LogP contribution in [0.15, 0.2) is 12.2 Å². The molecule has 1 heteroatoms. The Morgan fingerprint density at radius 2 is 2.23 bits per heavy atom. The first-order valence-electron chi connectivity index (χ1n) is 5.66. The van der Waals surface area contributed by atoms with Gasteiger partial charge in [-0.25, -0.2) is 0 Å². The molecule has 1 saturated heterocycles. The minimum atomic E-state index is 0.714. The van der Waals surface area contributed by atoms with Gasteiger partial charge in [0.2, 0.25) is 0 Å². The van der Waals surface area contributed by atoms with Gasteiger partial charge in [0.1, 0.15) is 0 Å². The minimum absolute atomic E-state index is 0.714. The Kier molecular flexibility index (Phi) is 4.51. The van der Waals surface area contributed by atoms with Gasteiger partial charge in [-0.15, -0.1) is 0 Å². The molecule has 0 bridgehead atoms.